The molecular formula is C9H14ClN3OS. The van der Waals surface area contributed by atoms with Crippen molar-refractivity contribution in [3.63, 3.8) is 0 Å². The van der Waals surface area contributed by atoms with Crippen molar-refractivity contribution in [3.8, 4) is 0 Å². The average Bonchev–Trinajstić information content (AvgIpc) is 2.63. The number of hydrogen-bond donors (Lipinski definition) is 3. The Bertz CT molecular complexity index is 327. The fourth-order valence-electron chi connectivity index (χ4n) is 1.09. The van der Waals surface area contributed by atoms with Gasteiger partial charge < -0.3 is 16.3 Å². The normalized spacial score (nSPS) is 11.9. The third-order valence-corrected chi connectivity index (χ3v) is 3.15. The first-order chi connectivity index (χ1) is 7.22. The van der Waals surface area contributed by atoms with Crippen LogP contribution in [0.5, 0.6) is 0 Å². The van der Waals surface area contributed by atoms with E-state index in [1.54, 1.807) is 11.3 Å². The minimum atomic E-state index is 0.252. The second-order valence-electron chi connectivity index (χ2n) is 3.05. The third-order valence-electron chi connectivity index (χ3n) is 1.86. The van der Waals surface area contributed by atoms with E-state index in [1.165, 1.54) is 4.88 Å². The van der Waals surface area contributed by atoms with Crippen molar-refractivity contribution >= 4 is 28.8 Å². The van der Waals surface area contributed by atoms with Gasteiger partial charge in [0, 0.05) is 17.8 Å². The smallest absolute Gasteiger partial charge is 0.140 e. The van der Waals surface area contributed by atoms with Gasteiger partial charge >= 0.3 is 0 Å². The molecule has 4 N–H and O–H groups in total. The summed E-state index contributed by atoms with van der Waals surface area (Å²) in [6.07, 6.45) is 1.51. The predicted molar refractivity (Wildman–Crippen MR) is 63.9 cm³/mol. The van der Waals surface area contributed by atoms with Gasteiger partial charge in [-0.15, -0.1) is 11.3 Å². The van der Waals surface area contributed by atoms with Crippen molar-refractivity contribution < 1.29 is 5.21 Å². The summed E-state index contributed by atoms with van der Waals surface area (Å²) in [5.41, 5.74) is 5.31. The van der Waals surface area contributed by atoms with Crippen LogP contribution >= 0.6 is 22.9 Å². The number of oxime groups is 1. The highest BCUT2D eigenvalue weighted by Gasteiger charge is 1.97. The highest BCUT2D eigenvalue weighted by atomic mass is 35.5. The molecule has 0 aliphatic rings. The molecular weight excluding hydrogens is 234 g/mol. The molecule has 0 aliphatic carbocycles. The van der Waals surface area contributed by atoms with E-state index in [-0.39, 0.29) is 5.84 Å². The molecule has 1 heterocycles. The monoisotopic (exact) mass is 247 g/mol. The molecule has 1 aromatic rings. The van der Waals surface area contributed by atoms with Gasteiger partial charge in [-0.1, -0.05) is 16.8 Å². The van der Waals surface area contributed by atoms with Crippen LogP contribution in [-0.4, -0.2) is 24.1 Å². The van der Waals surface area contributed by atoms with E-state index in [0.29, 0.717) is 6.42 Å². The van der Waals surface area contributed by atoms with Crippen LogP contribution in [-0.2, 0) is 6.42 Å². The molecule has 0 spiro atoms. The van der Waals surface area contributed by atoms with Crippen LogP contribution in [0.4, 0.5) is 0 Å². The molecule has 0 bridgehead atoms. The molecule has 0 saturated heterocycles. The number of nitrogens with one attached hydrogen (secondary N) is 1. The summed E-state index contributed by atoms with van der Waals surface area (Å²) in [4.78, 5) is 1.26. The summed E-state index contributed by atoms with van der Waals surface area (Å²) < 4.78 is 0.821. The average molecular weight is 248 g/mol. The van der Waals surface area contributed by atoms with Crippen molar-refractivity contribution in [3.05, 3.63) is 21.3 Å². The van der Waals surface area contributed by atoms with Gasteiger partial charge in [-0.2, -0.15) is 0 Å². The second-order valence-corrected chi connectivity index (χ2v) is 4.85. The number of rotatable bonds is 6. The van der Waals surface area contributed by atoms with Gasteiger partial charge in [0.1, 0.15) is 5.84 Å². The lowest BCUT2D eigenvalue weighted by atomic mass is 10.3. The summed E-state index contributed by atoms with van der Waals surface area (Å²) in [7, 11) is 0. The molecule has 4 nitrogen and oxygen atoms in total. The molecule has 15 heavy (non-hydrogen) atoms. The van der Waals surface area contributed by atoms with Crippen LogP contribution in [0.2, 0.25) is 4.34 Å². The summed E-state index contributed by atoms with van der Waals surface area (Å²) in [5, 5.41) is 14.4. The fraction of sp³-hybridized carbons (Fsp3) is 0.444. The van der Waals surface area contributed by atoms with Gasteiger partial charge in [-0.25, -0.2) is 0 Å². The molecule has 0 radical (unpaired) electrons. The quantitative estimate of drug-likeness (QED) is 0.235. The maximum Gasteiger partial charge on any atom is 0.140 e. The van der Waals surface area contributed by atoms with Gasteiger partial charge in [-0.05, 0) is 25.1 Å². The SMILES string of the molecule is N/C(CCNCCc1ccc(Cl)s1)=N/O. The van der Waals surface area contributed by atoms with Crippen molar-refractivity contribution in [2.45, 2.75) is 12.8 Å². The minimum absolute atomic E-state index is 0.252. The molecule has 0 atom stereocenters. The van der Waals surface area contributed by atoms with Crippen molar-refractivity contribution in [1.29, 1.82) is 0 Å². The van der Waals surface area contributed by atoms with E-state index in [4.69, 9.17) is 22.5 Å². The zero-order chi connectivity index (χ0) is 11.1. The highest BCUT2D eigenvalue weighted by Crippen LogP contribution is 2.21. The number of halogens is 1. The highest BCUT2D eigenvalue weighted by molar-refractivity contribution is 7.16. The van der Waals surface area contributed by atoms with Gasteiger partial charge in [0.2, 0.25) is 0 Å². The van der Waals surface area contributed by atoms with Gasteiger partial charge in [-0.3, -0.25) is 0 Å². The largest absolute Gasteiger partial charge is 0.409 e. The molecule has 0 saturated carbocycles. The Balaban J connectivity index is 2.07. The fourth-order valence-corrected chi connectivity index (χ4v) is 2.18. The van der Waals surface area contributed by atoms with E-state index in [9.17, 15) is 0 Å². The Labute approximate surface area is 97.7 Å². The lowest BCUT2D eigenvalue weighted by molar-refractivity contribution is 0.316. The summed E-state index contributed by atoms with van der Waals surface area (Å²) >= 11 is 7.39. The zero-order valence-corrected chi connectivity index (χ0v) is 9.81. The maximum absolute atomic E-state index is 8.29. The van der Waals surface area contributed by atoms with E-state index in [0.717, 1.165) is 23.8 Å². The first-order valence-electron chi connectivity index (χ1n) is 4.63. The van der Waals surface area contributed by atoms with Crippen LogP contribution in [0.3, 0.4) is 0 Å². The van der Waals surface area contributed by atoms with Crippen LogP contribution in [0, 0.1) is 0 Å². The molecule has 1 aromatic heterocycles. The summed E-state index contributed by atoms with van der Waals surface area (Å²) in [5.74, 6) is 0.252. The lowest BCUT2D eigenvalue weighted by Crippen LogP contribution is -2.23. The molecule has 0 aliphatic heterocycles. The number of amidine groups is 1. The molecule has 0 unspecified atom stereocenters. The van der Waals surface area contributed by atoms with Crippen LogP contribution in [0.1, 0.15) is 11.3 Å². The number of nitrogens with two attached hydrogens (primary N) is 1. The number of thiophene rings is 1. The Morgan fingerprint density at radius 2 is 2.33 bits per heavy atom. The van der Waals surface area contributed by atoms with Crippen LogP contribution in [0.25, 0.3) is 0 Å². The molecule has 0 fully saturated rings. The lowest BCUT2D eigenvalue weighted by Gasteiger charge is -2.02. The van der Waals surface area contributed by atoms with Gasteiger partial charge in [0.05, 0.1) is 4.34 Å². The maximum atomic E-state index is 8.29. The molecule has 1 rings (SSSR count). The Morgan fingerprint density at radius 3 is 2.93 bits per heavy atom. The number of hydrogen-bond acceptors (Lipinski definition) is 4. The van der Waals surface area contributed by atoms with Crippen LogP contribution in [0.15, 0.2) is 17.3 Å². The molecule has 0 aromatic carbocycles. The zero-order valence-electron chi connectivity index (χ0n) is 8.24. The Kier molecular flexibility index (Phi) is 5.45. The van der Waals surface area contributed by atoms with Gasteiger partial charge in [0.25, 0.3) is 0 Å². The minimum Gasteiger partial charge on any atom is -0.409 e. The topological polar surface area (TPSA) is 70.6 Å². The number of nitrogens with zero attached hydrogens (tertiary/aromatic N) is 1. The predicted octanol–water partition coefficient (Wildman–Crippen LogP) is 1.67. The Hall–Kier alpha value is -0.780. The first-order valence-corrected chi connectivity index (χ1v) is 5.83. The molecule has 0 amide bonds. The first kappa shape index (κ1) is 12.3. The Morgan fingerprint density at radius 1 is 1.53 bits per heavy atom. The van der Waals surface area contributed by atoms with Crippen molar-refractivity contribution in [2.75, 3.05) is 13.1 Å². The summed E-state index contributed by atoms with van der Waals surface area (Å²) in [6.45, 7) is 1.59. The van der Waals surface area contributed by atoms with E-state index >= 15 is 0 Å². The second kappa shape index (κ2) is 6.66. The van der Waals surface area contributed by atoms with Gasteiger partial charge in [0.15, 0.2) is 0 Å². The van der Waals surface area contributed by atoms with Crippen molar-refractivity contribution in [2.24, 2.45) is 10.9 Å². The molecule has 84 valence electrons. The standard InChI is InChI=1S/C9H14ClN3OS/c10-8-2-1-7(15-8)3-5-12-6-4-9(11)13-14/h1-2,12,14H,3-6H2,(H2,11,13). The summed E-state index contributed by atoms with van der Waals surface area (Å²) in [6, 6.07) is 3.93. The van der Waals surface area contributed by atoms with E-state index in [2.05, 4.69) is 10.5 Å². The van der Waals surface area contributed by atoms with Crippen molar-refractivity contribution in [1.82, 2.24) is 5.32 Å². The third kappa shape index (κ3) is 5.01. The van der Waals surface area contributed by atoms with E-state index in [1.807, 2.05) is 12.1 Å². The molecule has 6 heteroatoms. The van der Waals surface area contributed by atoms with E-state index < -0.39 is 0 Å². The van der Waals surface area contributed by atoms with Crippen LogP contribution < -0.4 is 11.1 Å².